The standard InChI is InChI=1S/C10H9BrClF3/c1-9(2,10(13,14)15)7-4-3-6(11)5-8(7)12/h3-5H,1-2H3. The van der Waals surface area contributed by atoms with Crippen LogP contribution in [0.2, 0.25) is 5.02 Å². The molecule has 0 atom stereocenters. The third-order valence-corrected chi connectivity index (χ3v) is 3.12. The quantitative estimate of drug-likeness (QED) is 0.689. The van der Waals surface area contributed by atoms with Crippen molar-refractivity contribution < 1.29 is 13.2 Å². The van der Waals surface area contributed by atoms with Gasteiger partial charge in [-0.15, -0.1) is 0 Å². The van der Waals surface area contributed by atoms with Crippen LogP contribution in [0.4, 0.5) is 13.2 Å². The maximum Gasteiger partial charge on any atom is 0.397 e. The Bertz CT molecular complexity index is 371. The molecule has 1 rings (SSSR count). The Balaban J connectivity index is 3.28. The van der Waals surface area contributed by atoms with E-state index in [1.165, 1.54) is 12.1 Å². The van der Waals surface area contributed by atoms with E-state index in [0.717, 1.165) is 13.8 Å². The normalized spacial score (nSPS) is 13.0. The summed E-state index contributed by atoms with van der Waals surface area (Å²) in [6.07, 6.45) is -4.32. The Labute approximate surface area is 99.6 Å². The SMILES string of the molecule is CC(C)(c1ccc(Br)cc1Cl)C(F)(F)F. The fourth-order valence-corrected chi connectivity index (χ4v) is 2.06. The van der Waals surface area contributed by atoms with Crippen LogP contribution in [0.3, 0.4) is 0 Å². The van der Waals surface area contributed by atoms with Crippen molar-refractivity contribution in [2.24, 2.45) is 0 Å². The van der Waals surface area contributed by atoms with Gasteiger partial charge in [-0.25, -0.2) is 0 Å². The van der Waals surface area contributed by atoms with Gasteiger partial charge in [0.25, 0.3) is 0 Å². The molecular weight excluding hydrogens is 292 g/mol. The van der Waals surface area contributed by atoms with Crippen LogP contribution in [-0.4, -0.2) is 6.18 Å². The van der Waals surface area contributed by atoms with Gasteiger partial charge in [-0.1, -0.05) is 33.6 Å². The Hall–Kier alpha value is -0.220. The molecule has 1 aromatic carbocycles. The van der Waals surface area contributed by atoms with E-state index in [1.807, 2.05) is 0 Å². The smallest absolute Gasteiger partial charge is 0.170 e. The molecule has 0 amide bonds. The molecular formula is C10H9BrClF3. The highest BCUT2D eigenvalue weighted by Crippen LogP contribution is 2.43. The molecule has 0 radical (unpaired) electrons. The molecule has 0 fully saturated rings. The van der Waals surface area contributed by atoms with Crippen LogP contribution in [0.25, 0.3) is 0 Å². The van der Waals surface area contributed by atoms with E-state index in [2.05, 4.69) is 15.9 Å². The molecule has 0 aliphatic carbocycles. The second kappa shape index (κ2) is 3.98. The molecule has 0 saturated carbocycles. The van der Waals surface area contributed by atoms with Crippen LogP contribution in [0, 0.1) is 0 Å². The van der Waals surface area contributed by atoms with Crippen molar-refractivity contribution in [1.82, 2.24) is 0 Å². The fraction of sp³-hybridized carbons (Fsp3) is 0.400. The highest BCUT2D eigenvalue weighted by molar-refractivity contribution is 9.10. The molecule has 0 bridgehead atoms. The number of benzene rings is 1. The van der Waals surface area contributed by atoms with Crippen LogP contribution in [-0.2, 0) is 5.41 Å². The van der Waals surface area contributed by atoms with Crippen molar-refractivity contribution in [1.29, 1.82) is 0 Å². The first kappa shape index (κ1) is 12.8. The summed E-state index contributed by atoms with van der Waals surface area (Å²) < 4.78 is 38.8. The Kier molecular flexibility index (Phi) is 3.41. The minimum Gasteiger partial charge on any atom is -0.170 e. The lowest BCUT2D eigenvalue weighted by Crippen LogP contribution is -2.36. The second-order valence-corrected chi connectivity index (χ2v) is 5.07. The summed E-state index contributed by atoms with van der Waals surface area (Å²) in [5.41, 5.74) is -1.86. The van der Waals surface area contributed by atoms with Gasteiger partial charge in [0.2, 0.25) is 0 Å². The summed E-state index contributed by atoms with van der Waals surface area (Å²) in [6, 6.07) is 4.40. The summed E-state index contributed by atoms with van der Waals surface area (Å²) in [5.74, 6) is 0. The molecule has 0 unspecified atom stereocenters. The third-order valence-electron chi connectivity index (χ3n) is 2.31. The van der Waals surface area contributed by atoms with Crippen molar-refractivity contribution >= 4 is 27.5 Å². The predicted octanol–water partition coefficient (Wildman–Crippen LogP) is 4.94. The van der Waals surface area contributed by atoms with Crippen molar-refractivity contribution in [3.05, 3.63) is 33.3 Å². The van der Waals surface area contributed by atoms with Gasteiger partial charge in [0.05, 0.1) is 5.41 Å². The molecule has 0 aliphatic heterocycles. The summed E-state index contributed by atoms with van der Waals surface area (Å²) in [5, 5.41) is 0.117. The predicted molar refractivity (Wildman–Crippen MR) is 58.2 cm³/mol. The van der Waals surface area contributed by atoms with Gasteiger partial charge >= 0.3 is 6.18 Å². The molecule has 0 aliphatic rings. The summed E-state index contributed by atoms with van der Waals surface area (Å²) in [7, 11) is 0. The van der Waals surface area contributed by atoms with Crippen molar-refractivity contribution in [3.63, 3.8) is 0 Å². The van der Waals surface area contributed by atoms with Gasteiger partial charge in [-0.05, 0) is 31.5 Å². The van der Waals surface area contributed by atoms with Crippen LogP contribution >= 0.6 is 27.5 Å². The molecule has 15 heavy (non-hydrogen) atoms. The Morgan fingerprint density at radius 2 is 1.73 bits per heavy atom. The van der Waals surface area contributed by atoms with Crippen molar-refractivity contribution in [2.45, 2.75) is 25.4 Å². The van der Waals surface area contributed by atoms with Crippen LogP contribution in [0.1, 0.15) is 19.4 Å². The first-order valence-corrected chi connectivity index (χ1v) is 5.35. The average Bonchev–Trinajstić information content (AvgIpc) is 2.00. The Morgan fingerprint density at radius 3 is 2.13 bits per heavy atom. The molecule has 1 aromatic rings. The average molecular weight is 302 g/mol. The topological polar surface area (TPSA) is 0 Å². The molecule has 0 nitrogen and oxygen atoms in total. The summed E-state index contributed by atoms with van der Waals surface area (Å²) in [4.78, 5) is 0. The van der Waals surface area contributed by atoms with Gasteiger partial charge in [-0.3, -0.25) is 0 Å². The van der Waals surface area contributed by atoms with E-state index in [0.29, 0.717) is 4.47 Å². The van der Waals surface area contributed by atoms with Crippen LogP contribution in [0.15, 0.2) is 22.7 Å². The largest absolute Gasteiger partial charge is 0.397 e. The van der Waals surface area contributed by atoms with Gasteiger partial charge < -0.3 is 0 Å². The van der Waals surface area contributed by atoms with Gasteiger partial charge in [0.15, 0.2) is 0 Å². The number of halogens is 5. The monoisotopic (exact) mass is 300 g/mol. The van der Waals surface area contributed by atoms with E-state index in [-0.39, 0.29) is 10.6 Å². The number of rotatable bonds is 1. The number of alkyl halides is 3. The van der Waals surface area contributed by atoms with E-state index < -0.39 is 11.6 Å². The molecule has 0 saturated heterocycles. The summed E-state index contributed by atoms with van der Waals surface area (Å²) in [6.45, 7) is 2.23. The highest BCUT2D eigenvalue weighted by Gasteiger charge is 2.49. The zero-order valence-electron chi connectivity index (χ0n) is 8.12. The molecule has 5 heteroatoms. The van der Waals surface area contributed by atoms with Crippen LogP contribution < -0.4 is 0 Å². The minimum atomic E-state index is -4.32. The maximum atomic E-state index is 12.7. The van der Waals surface area contributed by atoms with Gasteiger partial charge in [-0.2, -0.15) is 13.2 Å². The molecule has 0 heterocycles. The van der Waals surface area contributed by atoms with Gasteiger partial charge in [0.1, 0.15) is 0 Å². The highest BCUT2D eigenvalue weighted by atomic mass is 79.9. The van der Waals surface area contributed by atoms with Gasteiger partial charge in [0, 0.05) is 9.50 Å². The summed E-state index contributed by atoms with van der Waals surface area (Å²) >= 11 is 8.94. The van der Waals surface area contributed by atoms with E-state index in [4.69, 9.17) is 11.6 Å². The fourth-order valence-electron chi connectivity index (χ4n) is 1.15. The van der Waals surface area contributed by atoms with Crippen molar-refractivity contribution in [3.8, 4) is 0 Å². The first-order chi connectivity index (χ1) is 6.66. The lowest BCUT2D eigenvalue weighted by Gasteiger charge is -2.29. The first-order valence-electron chi connectivity index (χ1n) is 4.18. The Morgan fingerprint density at radius 1 is 1.20 bits per heavy atom. The zero-order valence-corrected chi connectivity index (χ0v) is 10.5. The third kappa shape index (κ3) is 2.48. The van der Waals surface area contributed by atoms with E-state index in [1.54, 1.807) is 6.07 Å². The second-order valence-electron chi connectivity index (χ2n) is 3.75. The number of hydrogen-bond donors (Lipinski definition) is 0. The van der Waals surface area contributed by atoms with Crippen molar-refractivity contribution in [2.75, 3.05) is 0 Å². The lowest BCUT2D eigenvalue weighted by atomic mass is 9.84. The van der Waals surface area contributed by atoms with Crippen LogP contribution in [0.5, 0.6) is 0 Å². The molecule has 84 valence electrons. The maximum absolute atomic E-state index is 12.7. The molecule has 0 aromatic heterocycles. The molecule has 0 N–H and O–H groups in total. The zero-order chi connectivity index (χ0) is 11.9. The molecule has 0 spiro atoms. The van der Waals surface area contributed by atoms with E-state index >= 15 is 0 Å². The number of hydrogen-bond acceptors (Lipinski definition) is 0. The lowest BCUT2D eigenvalue weighted by molar-refractivity contribution is -0.180. The minimum absolute atomic E-state index is 0.0832. The van der Waals surface area contributed by atoms with E-state index in [9.17, 15) is 13.2 Å².